The largest absolute Gasteiger partial charge is 0.457 e. The Kier molecular flexibility index (Phi) is 5.41. The van der Waals surface area contributed by atoms with Gasteiger partial charge < -0.3 is 14.2 Å². The molecule has 6 rings (SSSR count). The molecule has 0 saturated heterocycles. The predicted molar refractivity (Wildman–Crippen MR) is 139 cm³/mol. The topological polar surface area (TPSA) is 74.3 Å². The summed E-state index contributed by atoms with van der Waals surface area (Å²) >= 11 is 0. The van der Waals surface area contributed by atoms with Gasteiger partial charge in [0.25, 0.3) is 5.56 Å². The summed E-state index contributed by atoms with van der Waals surface area (Å²) in [5.74, 6) is 2.18. The van der Waals surface area contributed by atoms with Crippen LogP contribution in [-0.2, 0) is 20.1 Å². The van der Waals surface area contributed by atoms with Gasteiger partial charge in [0.2, 0.25) is 5.95 Å². The van der Waals surface area contributed by atoms with Gasteiger partial charge in [-0.3, -0.25) is 13.9 Å². The van der Waals surface area contributed by atoms with Gasteiger partial charge in [-0.1, -0.05) is 48.5 Å². The number of hydrogen-bond donors (Lipinski definition) is 0. The van der Waals surface area contributed by atoms with E-state index in [4.69, 9.17) is 9.72 Å². The molecule has 1 aliphatic rings. The van der Waals surface area contributed by atoms with E-state index < -0.39 is 0 Å². The SMILES string of the molecule is Cn1c(=O)n(Cc2ccccc2)c(=O)c2c1nc1n2CCCN1c1ccc(Oc2ccccc2)cc1. The molecule has 3 aromatic carbocycles. The molecule has 2 aromatic heterocycles. The van der Waals surface area contributed by atoms with Gasteiger partial charge in [0.05, 0.1) is 6.54 Å². The van der Waals surface area contributed by atoms with Crippen LogP contribution in [0.1, 0.15) is 12.0 Å². The van der Waals surface area contributed by atoms with Crippen LogP contribution in [0.15, 0.2) is 94.5 Å². The molecule has 0 fully saturated rings. The lowest BCUT2D eigenvalue weighted by atomic mass is 10.2. The van der Waals surface area contributed by atoms with E-state index in [1.165, 1.54) is 9.13 Å². The summed E-state index contributed by atoms with van der Waals surface area (Å²) in [5.41, 5.74) is 2.01. The lowest BCUT2D eigenvalue weighted by molar-refractivity contribution is 0.482. The molecule has 1 aliphatic heterocycles. The lowest BCUT2D eigenvalue weighted by Crippen LogP contribution is -2.40. The number of para-hydroxylation sites is 1. The van der Waals surface area contributed by atoms with Crippen molar-refractivity contribution in [2.75, 3.05) is 11.4 Å². The summed E-state index contributed by atoms with van der Waals surface area (Å²) in [6, 6.07) is 27.0. The first kappa shape index (κ1) is 21.9. The number of benzene rings is 3. The summed E-state index contributed by atoms with van der Waals surface area (Å²) in [6.07, 6.45) is 0.849. The average Bonchev–Trinajstić information content (AvgIpc) is 3.32. The van der Waals surface area contributed by atoms with Crippen molar-refractivity contribution in [1.82, 2.24) is 18.7 Å². The number of hydrogen-bond acceptors (Lipinski definition) is 5. The normalized spacial score (nSPS) is 13.1. The smallest absolute Gasteiger partial charge is 0.332 e. The van der Waals surface area contributed by atoms with Crippen LogP contribution < -0.4 is 20.9 Å². The van der Waals surface area contributed by atoms with Crippen molar-refractivity contribution in [3.8, 4) is 11.5 Å². The second-order valence-corrected chi connectivity index (χ2v) is 8.87. The molecule has 0 N–H and O–H groups in total. The Morgan fingerprint density at radius 3 is 2.22 bits per heavy atom. The zero-order chi connectivity index (χ0) is 24.6. The third kappa shape index (κ3) is 3.76. The van der Waals surface area contributed by atoms with E-state index in [2.05, 4.69) is 4.90 Å². The molecule has 0 aliphatic carbocycles. The van der Waals surface area contributed by atoms with Crippen molar-refractivity contribution in [1.29, 1.82) is 0 Å². The van der Waals surface area contributed by atoms with Gasteiger partial charge in [0.1, 0.15) is 11.5 Å². The molecule has 0 spiro atoms. The van der Waals surface area contributed by atoms with Gasteiger partial charge in [-0.25, -0.2) is 4.79 Å². The van der Waals surface area contributed by atoms with Crippen LogP contribution in [-0.4, -0.2) is 25.2 Å². The predicted octanol–water partition coefficient (Wildman–Crippen LogP) is 4.28. The van der Waals surface area contributed by atoms with Crippen LogP contribution in [0.25, 0.3) is 11.2 Å². The molecule has 0 bridgehead atoms. The summed E-state index contributed by atoms with van der Waals surface area (Å²) in [4.78, 5) is 33.5. The highest BCUT2D eigenvalue weighted by molar-refractivity contribution is 5.77. The number of aryl methyl sites for hydroxylation is 2. The fraction of sp³-hybridized carbons (Fsp3) is 0.179. The van der Waals surface area contributed by atoms with E-state index in [-0.39, 0.29) is 17.8 Å². The van der Waals surface area contributed by atoms with E-state index in [0.717, 1.165) is 35.7 Å². The first-order valence-electron chi connectivity index (χ1n) is 11.9. The van der Waals surface area contributed by atoms with Crippen molar-refractivity contribution >= 4 is 22.8 Å². The Morgan fingerprint density at radius 1 is 0.833 bits per heavy atom. The van der Waals surface area contributed by atoms with Gasteiger partial charge in [0, 0.05) is 25.8 Å². The Labute approximate surface area is 207 Å². The maximum absolute atomic E-state index is 13.6. The molecule has 8 nitrogen and oxygen atoms in total. The Morgan fingerprint density at radius 2 is 1.50 bits per heavy atom. The molecule has 0 radical (unpaired) electrons. The molecule has 0 atom stereocenters. The van der Waals surface area contributed by atoms with E-state index in [9.17, 15) is 9.59 Å². The Bertz CT molecular complexity index is 1650. The van der Waals surface area contributed by atoms with Crippen molar-refractivity contribution in [2.45, 2.75) is 19.5 Å². The zero-order valence-electron chi connectivity index (χ0n) is 19.9. The molecule has 8 heteroatoms. The first-order chi connectivity index (χ1) is 17.6. The van der Waals surface area contributed by atoms with Crippen LogP contribution in [0.2, 0.25) is 0 Å². The second kappa shape index (κ2) is 8.88. The van der Waals surface area contributed by atoms with Crippen molar-refractivity contribution < 1.29 is 4.74 Å². The summed E-state index contributed by atoms with van der Waals surface area (Å²) in [7, 11) is 1.67. The quantitative estimate of drug-likeness (QED) is 0.376. The highest BCUT2D eigenvalue weighted by atomic mass is 16.5. The fourth-order valence-electron chi connectivity index (χ4n) is 4.73. The minimum atomic E-state index is -0.374. The molecular weight excluding hydrogens is 454 g/mol. The number of anilines is 2. The molecule has 0 saturated carbocycles. The maximum Gasteiger partial charge on any atom is 0.332 e. The van der Waals surface area contributed by atoms with E-state index in [1.54, 1.807) is 7.05 Å². The fourth-order valence-corrected chi connectivity index (χ4v) is 4.73. The number of nitrogens with zero attached hydrogens (tertiary/aromatic N) is 5. The first-order valence-corrected chi connectivity index (χ1v) is 11.9. The standard InChI is InChI=1S/C28H25N5O3/c1-30-25-24(26(34)33(28(30)35)19-20-9-4-2-5-10-20)32-18-8-17-31(27(32)29-25)21-13-15-23(16-14-21)36-22-11-6-3-7-12-22/h2-7,9-16H,8,17-19H2,1H3. The molecule has 180 valence electrons. The van der Waals surface area contributed by atoms with Gasteiger partial charge in [-0.05, 0) is 48.4 Å². The summed E-state index contributed by atoms with van der Waals surface area (Å²) < 4.78 is 10.6. The summed E-state index contributed by atoms with van der Waals surface area (Å²) in [5, 5.41) is 0. The van der Waals surface area contributed by atoms with Crippen LogP contribution in [0.4, 0.5) is 11.6 Å². The highest BCUT2D eigenvalue weighted by Gasteiger charge is 2.27. The van der Waals surface area contributed by atoms with Crippen molar-refractivity contribution in [2.24, 2.45) is 7.05 Å². The van der Waals surface area contributed by atoms with Gasteiger partial charge in [-0.15, -0.1) is 0 Å². The van der Waals surface area contributed by atoms with Gasteiger partial charge >= 0.3 is 5.69 Å². The third-order valence-electron chi connectivity index (χ3n) is 6.53. The van der Waals surface area contributed by atoms with Gasteiger partial charge in [-0.2, -0.15) is 4.98 Å². The molecular formula is C28H25N5O3. The minimum Gasteiger partial charge on any atom is -0.457 e. The maximum atomic E-state index is 13.6. The van der Waals surface area contributed by atoms with Crippen LogP contribution in [0.3, 0.4) is 0 Å². The Balaban J connectivity index is 1.39. The number of rotatable bonds is 5. The monoisotopic (exact) mass is 479 g/mol. The molecule has 0 amide bonds. The average molecular weight is 480 g/mol. The van der Waals surface area contributed by atoms with E-state index >= 15 is 0 Å². The van der Waals surface area contributed by atoms with Crippen LogP contribution in [0, 0.1) is 0 Å². The number of aromatic nitrogens is 4. The molecule has 5 aromatic rings. The highest BCUT2D eigenvalue weighted by Crippen LogP contribution is 2.32. The zero-order valence-corrected chi connectivity index (χ0v) is 19.9. The number of imidazole rings is 1. The third-order valence-corrected chi connectivity index (χ3v) is 6.53. The van der Waals surface area contributed by atoms with E-state index in [1.807, 2.05) is 89.5 Å². The van der Waals surface area contributed by atoms with Gasteiger partial charge in [0.15, 0.2) is 11.2 Å². The number of ether oxygens (including phenoxy) is 1. The minimum absolute atomic E-state index is 0.218. The summed E-state index contributed by atoms with van der Waals surface area (Å²) in [6.45, 7) is 1.64. The number of fused-ring (bicyclic) bond motifs is 3. The van der Waals surface area contributed by atoms with Crippen LogP contribution >= 0.6 is 0 Å². The molecule has 36 heavy (non-hydrogen) atoms. The van der Waals surface area contributed by atoms with Crippen molar-refractivity contribution in [3.63, 3.8) is 0 Å². The second-order valence-electron chi connectivity index (χ2n) is 8.87. The van der Waals surface area contributed by atoms with Crippen LogP contribution in [0.5, 0.6) is 11.5 Å². The lowest BCUT2D eigenvalue weighted by Gasteiger charge is -2.29. The Hall–Kier alpha value is -4.59. The van der Waals surface area contributed by atoms with E-state index in [0.29, 0.717) is 23.7 Å². The molecule has 0 unspecified atom stereocenters. The molecule has 3 heterocycles. The van der Waals surface area contributed by atoms with Crippen molar-refractivity contribution in [3.05, 3.63) is 111 Å².